The third-order valence-electron chi connectivity index (χ3n) is 2.04. The molecule has 1 aromatic rings. The van der Waals surface area contributed by atoms with Gasteiger partial charge in [-0.3, -0.25) is 9.59 Å². The highest BCUT2D eigenvalue weighted by Crippen LogP contribution is 2.14. The van der Waals surface area contributed by atoms with Crippen LogP contribution in [0.4, 0.5) is 4.39 Å². The van der Waals surface area contributed by atoms with E-state index in [1.165, 1.54) is 12.1 Å². The Morgan fingerprint density at radius 3 is 2.72 bits per heavy atom. The third kappa shape index (κ3) is 4.83. The Balaban J connectivity index is 2.48. The molecule has 1 amide bonds. The van der Waals surface area contributed by atoms with E-state index in [1.807, 2.05) is 0 Å². The fraction of sp³-hybridized carbons (Fsp3) is 0.333. The molecule has 0 saturated carbocycles. The molecule has 0 radical (unpaired) electrons. The minimum absolute atomic E-state index is 0.0933. The standard InChI is InChI=1S/C12H13BrFNO3/c1-2-18-11(16)3-4-15-12(17)8-5-9(13)7-10(14)6-8/h5-7H,2-4H2,1H3,(H,15,17). The molecule has 0 spiro atoms. The molecule has 98 valence electrons. The number of halogens is 2. The summed E-state index contributed by atoms with van der Waals surface area (Å²) in [5.74, 6) is -1.31. The molecule has 0 aromatic heterocycles. The molecule has 0 aliphatic carbocycles. The first-order chi connectivity index (χ1) is 8.52. The van der Waals surface area contributed by atoms with Crippen LogP contribution in [-0.4, -0.2) is 25.0 Å². The monoisotopic (exact) mass is 317 g/mol. The van der Waals surface area contributed by atoms with Gasteiger partial charge in [0.15, 0.2) is 0 Å². The van der Waals surface area contributed by atoms with Crippen LogP contribution in [0.3, 0.4) is 0 Å². The van der Waals surface area contributed by atoms with Crippen LogP contribution < -0.4 is 5.32 Å². The van der Waals surface area contributed by atoms with Crippen molar-refractivity contribution in [1.82, 2.24) is 5.32 Å². The lowest BCUT2D eigenvalue weighted by Gasteiger charge is -2.05. The molecule has 1 aromatic carbocycles. The number of hydrogen-bond donors (Lipinski definition) is 1. The van der Waals surface area contributed by atoms with Crippen molar-refractivity contribution in [2.24, 2.45) is 0 Å². The zero-order chi connectivity index (χ0) is 13.5. The fourth-order valence-electron chi connectivity index (χ4n) is 1.30. The van der Waals surface area contributed by atoms with E-state index in [1.54, 1.807) is 6.92 Å². The number of rotatable bonds is 5. The van der Waals surface area contributed by atoms with Crippen molar-refractivity contribution in [2.75, 3.05) is 13.2 Å². The van der Waals surface area contributed by atoms with Crippen molar-refractivity contribution in [3.8, 4) is 0 Å². The Morgan fingerprint density at radius 2 is 2.11 bits per heavy atom. The molecule has 4 nitrogen and oxygen atoms in total. The van der Waals surface area contributed by atoms with Crippen LogP contribution in [0.2, 0.25) is 0 Å². The second-order valence-corrected chi connectivity index (χ2v) is 4.38. The maximum atomic E-state index is 13.1. The number of carbonyl (C=O) groups excluding carboxylic acids is 2. The minimum atomic E-state index is -0.500. The summed E-state index contributed by atoms with van der Waals surface area (Å²) in [7, 11) is 0. The molecule has 0 fully saturated rings. The summed E-state index contributed by atoms with van der Waals surface area (Å²) < 4.78 is 18.2. The molecule has 6 heteroatoms. The quantitative estimate of drug-likeness (QED) is 0.848. The Kier molecular flexibility index (Phi) is 5.77. The minimum Gasteiger partial charge on any atom is -0.466 e. The van der Waals surface area contributed by atoms with Gasteiger partial charge in [-0.05, 0) is 25.1 Å². The van der Waals surface area contributed by atoms with Gasteiger partial charge in [0.2, 0.25) is 0 Å². The first-order valence-corrected chi connectivity index (χ1v) is 6.22. The van der Waals surface area contributed by atoms with Crippen LogP contribution in [-0.2, 0) is 9.53 Å². The first kappa shape index (κ1) is 14.6. The van der Waals surface area contributed by atoms with Gasteiger partial charge in [-0.2, -0.15) is 0 Å². The molecule has 0 bridgehead atoms. The first-order valence-electron chi connectivity index (χ1n) is 5.43. The number of hydrogen-bond acceptors (Lipinski definition) is 3. The van der Waals surface area contributed by atoms with E-state index in [4.69, 9.17) is 4.74 Å². The van der Waals surface area contributed by atoms with E-state index in [2.05, 4.69) is 21.2 Å². The smallest absolute Gasteiger partial charge is 0.307 e. The second kappa shape index (κ2) is 7.10. The van der Waals surface area contributed by atoms with Crippen LogP contribution in [0.5, 0.6) is 0 Å². The predicted molar refractivity (Wildman–Crippen MR) is 67.7 cm³/mol. The van der Waals surface area contributed by atoms with Crippen molar-refractivity contribution in [3.63, 3.8) is 0 Å². The van der Waals surface area contributed by atoms with E-state index in [-0.39, 0.29) is 24.5 Å². The summed E-state index contributed by atoms with van der Waals surface area (Å²) in [6, 6.07) is 3.89. The lowest BCUT2D eigenvalue weighted by Crippen LogP contribution is -2.26. The molecule has 1 N–H and O–H groups in total. The van der Waals surface area contributed by atoms with Crippen LogP contribution in [0.25, 0.3) is 0 Å². The third-order valence-corrected chi connectivity index (χ3v) is 2.50. The number of nitrogens with one attached hydrogen (secondary N) is 1. The lowest BCUT2D eigenvalue weighted by atomic mass is 10.2. The molecule has 18 heavy (non-hydrogen) atoms. The predicted octanol–water partition coefficient (Wildman–Crippen LogP) is 2.27. The zero-order valence-electron chi connectivity index (χ0n) is 9.83. The number of amides is 1. The maximum Gasteiger partial charge on any atom is 0.307 e. The fourth-order valence-corrected chi connectivity index (χ4v) is 1.76. The topological polar surface area (TPSA) is 55.4 Å². The zero-order valence-corrected chi connectivity index (χ0v) is 11.4. The van der Waals surface area contributed by atoms with E-state index in [0.717, 1.165) is 6.07 Å². The second-order valence-electron chi connectivity index (χ2n) is 3.47. The van der Waals surface area contributed by atoms with Crippen molar-refractivity contribution >= 4 is 27.8 Å². The van der Waals surface area contributed by atoms with Crippen LogP contribution >= 0.6 is 15.9 Å². The van der Waals surface area contributed by atoms with E-state index < -0.39 is 11.7 Å². The molecule has 0 aliphatic heterocycles. The van der Waals surface area contributed by atoms with Gasteiger partial charge in [0.25, 0.3) is 5.91 Å². The Morgan fingerprint density at radius 1 is 1.39 bits per heavy atom. The molecule has 0 heterocycles. The van der Waals surface area contributed by atoms with Crippen LogP contribution in [0.15, 0.2) is 22.7 Å². The Bertz CT molecular complexity index is 431. The van der Waals surface area contributed by atoms with Gasteiger partial charge in [-0.1, -0.05) is 15.9 Å². The average molecular weight is 318 g/mol. The highest BCUT2D eigenvalue weighted by atomic mass is 79.9. The SMILES string of the molecule is CCOC(=O)CCNC(=O)c1cc(F)cc(Br)c1. The van der Waals surface area contributed by atoms with Gasteiger partial charge in [0.1, 0.15) is 5.82 Å². The average Bonchev–Trinajstić information content (AvgIpc) is 2.27. The van der Waals surface area contributed by atoms with Crippen molar-refractivity contribution in [2.45, 2.75) is 13.3 Å². The molecule has 0 aliphatic rings. The van der Waals surface area contributed by atoms with Gasteiger partial charge >= 0.3 is 5.97 Å². The molecule has 1 rings (SSSR count). The van der Waals surface area contributed by atoms with Crippen molar-refractivity contribution < 1.29 is 18.7 Å². The molecule has 0 unspecified atom stereocenters. The number of carbonyl (C=O) groups is 2. The highest BCUT2D eigenvalue weighted by molar-refractivity contribution is 9.10. The summed E-state index contributed by atoms with van der Waals surface area (Å²) >= 11 is 3.10. The summed E-state index contributed by atoms with van der Waals surface area (Å²) in [6.07, 6.45) is 0.0933. The summed E-state index contributed by atoms with van der Waals surface area (Å²) in [6.45, 7) is 2.18. The molecule has 0 saturated heterocycles. The Labute approximate surface area is 113 Å². The van der Waals surface area contributed by atoms with Gasteiger partial charge in [0, 0.05) is 16.6 Å². The largest absolute Gasteiger partial charge is 0.466 e. The number of esters is 1. The van der Waals surface area contributed by atoms with E-state index in [9.17, 15) is 14.0 Å². The van der Waals surface area contributed by atoms with E-state index >= 15 is 0 Å². The number of benzene rings is 1. The van der Waals surface area contributed by atoms with Gasteiger partial charge in [-0.25, -0.2) is 4.39 Å². The van der Waals surface area contributed by atoms with Gasteiger partial charge < -0.3 is 10.1 Å². The van der Waals surface area contributed by atoms with Crippen molar-refractivity contribution in [3.05, 3.63) is 34.1 Å². The molecular weight excluding hydrogens is 305 g/mol. The lowest BCUT2D eigenvalue weighted by molar-refractivity contribution is -0.142. The van der Waals surface area contributed by atoms with E-state index in [0.29, 0.717) is 11.1 Å². The summed E-state index contributed by atoms with van der Waals surface area (Å²) in [5, 5.41) is 2.52. The highest BCUT2D eigenvalue weighted by Gasteiger charge is 2.09. The molecular formula is C12H13BrFNO3. The summed E-state index contributed by atoms with van der Waals surface area (Å²) in [4.78, 5) is 22.7. The Hall–Kier alpha value is -1.43. The van der Waals surface area contributed by atoms with Crippen molar-refractivity contribution in [1.29, 1.82) is 0 Å². The van der Waals surface area contributed by atoms with Gasteiger partial charge in [-0.15, -0.1) is 0 Å². The summed E-state index contributed by atoms with van der Waals surface area (Å²) in [5.41, 5.74) is 0.200. The van der Waals surface area contributed by atoms with Gasteiger partial charge in [0.05, 0.1) is 13.0 Å². The number of ether oxygens (including phenoxy) is 1. The van der Waals surface area contributed by atoms with Crippen LogP contribution in [0, 0.1) is 5.82 Å². The van der Waals surface area contributed by atoms with Crippen LogP contribution in [0.1, 0.15) is 23.7 Å². The molecule has 0 atom stereocenters. The normalized spacial score (nSPS) is 9.94. The maximum absolute atomic E-state index is 13.1.